The molecule has 13 heteroatoms. The molecule has 12 nitrogen and oxygen atoms in total. The molecule has 9 aromatic carbocycles. The fraction of sp³-hybridized carbons (Fsp3) is 0.260. The highest BCUT2D eigenvalue weighted by Crippen LogP contribution is 2.61. The third kappa shape index (κ3) is 12.2. The predicted octanol–water partition coefficient (Wildman–Crippen LogP) is 14.2. The largest absolute Gasteiger partial charge is 0.497 e. The molecule has 1 saturated heterocycles. The first kappa shape index (κ1) is 59.5. The van der Waals surface area contributed by atoms with Crippen molar-refractivity contribution in [3.63, 3.8) is 0 Å². The summed E-state index contributed by atoms with van der Waals surface area (Å²) in [6.07, 6.45) is 4.37. The van der Waals surface area contributed by atoms with Gasteiger partial charge in [0.1, 0.15) is 36.5 Å². The fourth-order valence-corrected chi connectivity index (χ4v) is 13.8. The SMILES string of the molecule is COc1cc(C2(NC(=O)c3cc(OC[C@@H]4CCCN4)ccc3C)CC2)c2ccc(C3CC3(NC(=O)c3cc(OCCN(C)C)ccc3C)c3cc(-c4cccs4)cc4cc(C#CC(NC(=O)c5cc(N)ccc5C)c5cccc6ccccc56)ccc34)cc2c1. The number of nitrogens with two attached hydrogens (primary N) is 1. The lowest BCUT2D eigenvalue weighted by molar-refractivity contribution is 0.0920. The van der Waals surface area contributed by atoms with Gasteiger partial charge >= 0.3 is 0 Å². The van der Waals surface area contributed by atoms with Crippen molar-refractivity contribution in [2.24, 2.45) is 0 Å². The zero-order chi connectivity index (χ0) is 62.3. The minimum atomic E-state index is -0.877. The molecular formula is C77H74N6O6S. The molecule has 6 N–H and O–H groups in total. The van der Waals surface area contributed by atoms with Crippen LogP contribution < -0.4 is 41.2 Å². The highest BCUT2D eigenvalue weighted by Gasteiger charge is 2.58. The first-order chi connectivity index (χ1) is 43.6. The number of hydrogen-bond acceptors (Lipinski definition) is 10. The lowest BCUT2D eigenvalue weighted by atomic mass is 9.89. The topological polar surface area (TPSA) is 156 Å². The van der Waals surface area contributed by atoms with Crippen molar-refractivity contribution in [3.05, 3.63) is 236 Å². The monoisotopic (exact) mass is 1210 g/mol. The van der Waals surface area contributed by atoms with Gasteiger partial charge in [-0.2, -0.15) is 0 Å². The molecule has 3 unspecified atom stereocenters. The van der Waals surface area contributed by atoms with Crippen LogP contribution in [0.15, 0.2) is 175 Å². The van der Waals surface area contributed by atoms with Gasteiger partial charge in [0.25, 0.3) is 17.7 Å². The van der Waals surface area contributed by atoms with Gasteiger partial charge in [0, 0.05) is 51.3 Å². The van der Waals surface area contributed by atoms with Crippen LogP contribution in [0.3, 0.4) is 0 Å². The second kappa shape index (κ2) is 24.8. The summed E-state index contributed by atoms with van der Waals surface area (Å²) < 4.78 is 18.5. The summed E-state index contributed by atoms with van der Waals surface area (Å²) in [5.41, 5.74) is 15.1. The number of hydrogen-bond donors (Lipinski definition) is 5. The number of likely N-dealkylation sites (N-methyl/N-ethyl adjacent to an activating group) is 1. The first-order valence-electron chi connectivity index (χ1n) is 31.0. The van der Waals surface area contributed by atoms with Crippen LogP contribution in [0.25, 0.3) is 42.8 Å². The Morgan fingerprint density at radius 1 is 0.678 bits per heavy atom. The highest BCUT2D eigenvalue weighted by atomic mass is 32.1. The molecule has 3 amide bonds. The number of nitrogens with one attached hydrogen (secondary N) is 4. The van der Waals surface area contributed by atoms with Crippen molar-refractivity contribution >= 4 is 67.1 Å². The molecule has 3 aliphatic rings. The molecule has 1 aliphatic heterocycles. The van der Waals surface area contributed by atoms with Crippen LogP contribution in [0.2, 0.25) is 0 Å². The second-order valence-corrected chi connectivity index (χ2v) is 25.8. The van der Waals surface area contributed by atoms with Gasteiger partial charge in [0.15, 0.2) is 0 Å². The number of ether oxygens (including phenoxy) is 3. The van der Waals surface area contributed by atoms with Gasteiger partial charge in [0.05, 0.1) is 18.2 Å². The molecule has 0 radical (unpaired) electrons. The van der Waals surface area contributed by atoms with Gasteiger partial charge in [-0.1, -0.05) is 103 Å². The standard InChI is InChI=1S/C77H74N6O6S/c1-47-18-24-56(78)41-65(47)73(84)80-71(64-16-9-13-51-12-7-8-15-61(51)64)29-22-50-21-27-63-53(36-50)38-55(72-17-11-35-90-72)40-69(63)77(82-75(86)67-42-58(25-19-49(67)3)88-34-33-83(4)5)45-70(77)52-23-28-62-54(37-52)39-60(87-6)44-68(62)76(30-31-76)81-74(85)66-43-59(26-20-48(66)2)89-46-57-14-10-32-79-57/h7-9,11-13,15-21,23-28,35-44,57,70-71,79H,10,14,30-34,45-46,78H2,1-6H3,(H,80,84)(H,81,85)(H,82,86)/t57-,70?,71?,77?/m0/s1. The van der Waals surface area contributed by atoms with Crippen molar-refractivity contribution in [3.8, 4) is 39.5 Å². The van der Waals surface area contributed by atoms with E-state index in [-0.39, 0.29) is 23.6 Å². The molecule has 2 saturated carbocycles. The van der Waals surface area contributed by atoms with Crippen LogP contribution in [0, 0.1) is 32.6 Å². The average molecular weight is 1210 g/mol. The predicted molar refractivity (Wildman–Crippen MR) is 362 cm³/mol. The molecule has 3 fully saturated rings. The number of benzene rings is 9. The third-order valence-electron chi connectivity index (χ3n) is 18.3. The number of carbonyl (C=O) groups excluding carboxylic acids is 3. The maximum Gasteiger partial charge on any atom is 0.252 e. The normalized spacial score (nSPS) is 17.5. The van der Waals surface area contributed by atoms with Crippen molar-refractivity contribution in [1.29, 1.82) is 0 Å². The van der Waals surface area contributed by atoms with E-state index >= 15 is 4.79 Å². The van der Waals surface area contributed by atoms with Gasteiger partial charge in [-0.15, -0.1) is 11.3 Å². The number of rotatable bonds is 19. The molecule has 10 aromatic rings. The van der Waals surface area contributed by atoms with Crippen LogP contribution >= 0.6 is 11.3 Å². The number of anilines is 1. The van der Waals surface area contributed by atoms with Gasteiger partial charge in [-0.3, -0.25) is 14.4 Å². The van der Waals surface area contributed by atoms with Crippen molar-refractivity contribution in [2.45, 2.75) is 82.0 Å². The highest BCUT2D eigenvalue weighted by molar-refractivity contribution is 7.13. The van der Waals surface area contributed by atoms with Crippen molar-refractivity contribution in [2.75, 3.05) is 53.2 Å². The van der Waals surface area contributed by atoms with Gasteiger partial charge in [0.2, 0.25) is 0 Å². The van der Waals surface area contributed by atoms with E-state index in [4.69, 9.17) is 19.9 Å². The minimum Gasteiger partial charge on any atom is -0.497 e. The van der Waals surface area contributed by atoms with E-state index < -0.39 is 17.1 Å². The summed E-state index contributed by atoms with van der Waals surface area (Å²) in [6.45, 7) is 8.58. The summed E-state index contributed by atoms with van der Waals surface area (Å²) in [6, 6.07) is 56.4. The maximum absolute atomic E-state index is 15.3. The fourth-order valence-electron chi connectivity index (χ4n) is 13.1. The van der Waals surface area contributed by atoms with Crippen molar-refractivity contribution in [1.82, 2.24) is 26.2 Å². The van der Waals surface area contributed by atoms with Crippen LogP contribution in [-0.2, 0) is 11.1 Å². The maximum atomic E-state index is 15.3. The molecular weight excluding hydrogens is 1140 g/mol. The summed E-state index contributed by atoms with van der Waals surface area (Å²) in [5.74, 6) is 8.23. The first-order valence-corrected chi connectivity index (χ1v) is 31.9. The Bertz CT molecular complexity index is 4490. The van der Waals surface area contributed by atoms with Crippen LogP contribution in [-0.4, -0.2) is 76.2 Å². The smallest absolute Gasteiger partial charge is 0.252 e. The Morgan fingerprint density at radius 3 is 2.12 bits per heavy atom. The van der Waals surface area contributed by atoms with Gasteiger partial charge in [-0.05, 0) is 235 Å². The van der Waals surface area contributed by atoms with E-state index in [0.717, 1.165) is 126 Å². The van der Waals surface area contributed by atoms with E-state index in [9.17, 15) is 9.59 Å². The average Bonchev–Trinajstić information content (AvgIpc) is 1.54. The van der Waals surface area contributed by atoms with E-state index in [1.54, 1.807) is 30.6 Å². The van der Waals surface area contributed by atoms with Gasteiger partial charge in [-0.25, -0.2) is 0 Å². The Morgan fingerprint density at radius 2 is 1.39 bits per heavy atom. The summed E-state index contributed by atoms with van der Waals surface area (Å²) in [7, 11) is 5.70. The molecule has 90 heavy (non-hydrogen) atoms. The van der Waals surface area contributed by atoms with Gasteiger partial charge < -0.3 is 46.1 Å². The number of nitrogen functional groups attached to an aromatic ring is 1. The molecule has 4 atom stereocenters. The number of aryl methyl sites for hydroxylation is 3. The number of amides is 3. The third-order valence-corrected chi connectivity index (χ3v) is 19.3. The quantitative estimate of drug-likeness (QED) is 0.0393. The summed E-state index contributed by atoms with van der Waals surface area (Å²) in [4.78, 5) is 47.1. The number of methoxy groups -OCH3 is 1. The molecule has 2 heterocycles. The molecule has 0 spiro atoms. The number of thiophene rings is 1. The molecule has 13 rings (SSSR count). The number of fused-ring (bicyclic) bond motifs is 3. The van der Waals surface area contributed by atoms with Crippen LogP contribution in [0.5, 0.6) is 17.2 Å². The van der Waals surface area contributed by atoms with E-state index in [2.05, 4.69) is 128 Å². The summed E-state index contributed by atoms with van der Waals surface area (Å²) in [5, 5.41) is 22.0. The minimum absolute atomic E-state index is 0.142. The van der Waals surface area contributed by atoms with E-state index in [1.165, 1.54) is 0 Å². The Hall–Kier alpha value is -9.45. The zero-order valence-corrected chi connectivity index (χ0v) is 52.5. The lowest BCUT2D eigenvalue weighted by Gasteiger charge is -2.25. The number of carbonyl (C=O) groups is 3. The summed E-state index contributed by atoms with van der Waals surface area (Å²) >= 11 is 1.66. The Balaban J connectivity index is 0.889. The molecule has 0 bridgehead atoms. The van der Waals surface area contributed by atoms with Crippen molar-refractivity contribution < 1.29 is 28.6 Å². The molecule has 2 aliphatic carbocycles. The van der Waals surface area contributed by atoms with E-state index in [0.29, 0.717) is 65.3 Å². The Labute approximate surface area is 530 Å². The lowest BCUT2D eigenvalue weighted by Crippen LogP contribution is -2.37. The second-order valence-electron chi connectivity index (χ2n) is 24.8. The molecule has 1 aromatic heterocycles. The van der Waals surface area contributed by atoms with E-state index in [1.807, 2.05) is 108 Å². The Kier molecular flexibility index (Phi) is 16.4. The van der Waals surface area contributed by atoms with Crippen LogP contribution in [0.1, 0.15) is 120 Å². The number of nitrogens with zero attached hydrogens (tertiary/aromatic N) is 1. The molecule has 454 valence electrons. The zero-order valence-electron chi connectivity index (χ0n) is 51.7. The van der Waals surface area contributed by atoms with Crippen LogP contribution in [0.4, 0.5) is 5.69 Å².